The number of halogens is 5. The lowest BCUT2D eigenvalue weighted by Crippen LogP contribution is -2.52. The van der Waals surface area contributed by atoms with Crippen LogP contribution >= 0.6 is 34.8 Å². The average Bonchev–Trinajstić information content (AvgIpc) is 2.88. The molecule has 0 saturated carbocycles. The van der Waals surface area contributed by atoms with Crippen molar-refractivity contribution in [2.24, 2.45) is 16.5 Å². The second-order valence-corrected chi connectivity index (χ2v) is 13.7. The van der Waals surface area contributed by atoms with Gasteiger partial charge in [0.15, 0.2) is 5.11 Å². The second kappa shape index (κ2) is 17.4. The first-order chi connectivity index (χ1) is 20.2. The fourth-order valence-corrected chi connectivity index (χ4v) is 6.66. The third-order valence-corrected chi connectivity index (χ3v) is 9.42. The highest BCUT2D eigenvalue weighted by Crippen LogP contribution is 2.33. The summed E-state index contributed by atoms with van der Waals surface area (Å²) in [5, 5.41) is 9.93. The molecule has 0 aromatic heterocycles. The van der Waals surface area contributed by atoms with E-state index in [2.05, 4.69) is 37.6 Å². The van der Waals surface area contributed by atoms with E-state index in [0.717, 1.165) is 22.5 Å². The molecular weight excluding hydrogens is 763 g/mol. The smallest absolute Gasteiger partial charge is 0.239 e. The van der Waals surface area contributed by atoms with Crippen molar-refractivity contribution in [1.29, 1.82) is 0 Å². The Kier molecular flexibility index (Phi) is 16.5. The summed E-state index contributed by atoms with van der Waals surface area (Å²) in [6.45, 7) is 4.79. The summed E-state index contributed by atoms with van der Waals surface area (Å²) in [6.07, 6.45) is 0. The fraction of sp³-hybridized carbons (Fsp3) is 0.440. The predicted molar refractivity (Wildman–Crippen MR) is 176 cm³/mol. The fourth-order valence-electron chi connectivity index (χ4n) is 3.86. The van der Waals surface area contributed by atoms with E-state index < -0.39 is 65.9 Å². The van der Waals surface area contributed by atoms with Crippen LogP contribution in [0.4, 0.5) is 17.6 Å². The summed E-state index contributed by atoms with van der Waals surface area (Å²) in [7, 11) is -4.86. The zero-order chi connectivity index (χ0) is 34.7. The predicted octanol–water partition coefficient (Wildman–Crippen LogP) is 2.38. The van der Waals surface area contributed by atoms with Crippen molar-refractivity contribution in [3.8, 4) is 0 Å². The van der Waals surface area contributed by atoms with Gasteiger partial charge in [0.2, 0.25) is 26.0 Å². The Bertz CT molecular complexity index is 1540. The van der Waals surface area contributed by atoms with Crippen LogP contribution in [0.3, 0.4) is 0 Å². The molecule has 0 bridgehead atoms. The van der Waals surface area contributed by atoms with Crippen LogP contribution in [0.15, 0.2) is 41.4 Å². The maximum absolute atomic E-state index is 13.9. The summed E-state index contributed by atoms with van der Waals surface area (Å²) in [5.41, 5.74) is 8.06. The highest BCUT2D eigenvalue weighted by molar-refractivity contribution is 14.1. The van der Waals surface area contributed by atoms with Gasteiger partial charge in [0.25, 0.3) is 0 Å². The van der Waals surface area contributed by atoms with E-state index in [9.17, 15) is 34.4 Å². The Balaban J connectivity index is 0.000000734. The molecule has 250 valence electrons. The second-order valence-electron chi connectivity index (χ2n) is 9.32. The number of hydrogen-bond acceptors (Lipinski definition) is 8. The van der Waals surface area contributed by atoms with Crippen LogP contribution in [0.2, 0.25) is 0 Å². The summed E-state index contributed by atoms with van der Waals surface area (Å²) in [4.78, 5) is 6.00. The molecule has 1 heterocycles. The first-order valence-corrected chi connectivity index (χ1v) is 18.2. The third-order valence-electron chi connectivity index (χ3n) is 5.79. The standard InChI is InChI=1S/C11H15F2N3O2S2.C11H13F2N3O2S.C2H6O.CH3I/c1-11(16-10(14)19,6-20(17,18)15-2)8-4-3-7(12)5-9(8)13;1-11(8-4-3-7(12)5-9(8)13)6-19(17,18)16(2)10(14)15-11;1-2-3;1-2/h3-5,15H,6H2,1-2H3,(H3,14,16,19);3-5H,6H2,1-2H3,(H2,14,15);3H,2H2,1H3;1H3/t2*11-;;/m00../s1. The van der Waals surface area contributed by atoms with E-state index in [1.165, 1.54) is 34.0 Å². The van der Waals surface area contributed by atoms with Crippen LogP contribution in [0, 0.1) is 23.3 Å². The minimum Gasteiger partial charge on any atom is -0.397 e. The van der Waals surface area contributed by atoms with Crippen molar-refractivity contribution in [2.45, 2.75) is 31.8 Å². The molecule has 0 radical (unpaired) electrons. The van der Waals surface area contributed by atoms with Gasteiger partial charge in [-0.1, -0.05) is 34.7 Å². The molecule has 11 nitrogen and oxygen atoms in total. The molecule has 44 heavy (non-hydrogen) atoms. The average molecular weight is 801 g/mol. The van der Waals surface area contributed by atoms with Crippen molar-refractivity contribution >= 4 is 65.9 Å². The Hall–Kier alpha value is -2.33. The van der Waals surface area contributed by atoms with E-state index in [0.29, 0.717) is 12.1 Å². The number of aliphatic hydroxyl groups is 1. The molecule has 7 N–H and O–H groups in total. The van der Waals surface area contributed by atoms with Gasteiger partial charge in [-0.2, -0.15) is 0 Å². The van der Waals surface area contributed by atoms with Gasteiger partial charge in [0.05, 0.1) is 17.0 Å². The van der Waals surface area contributed by atoms with E-state index in [1.807, 2.05) is 4.93 Å². The summed E-state index contributed by atoms with van der Waals surface area (Å²) >= 11 is 6.84. The molecule has 0 saturated heterocycles. The number of thiocarbonyl (C=S) groups is 1. The van der Waals surface area contributed by atoms with Crippen LogP contribution in [0.5, 0.6) is 0 Å². The molecule has 2 aromatic carbocycles. The molecule has 3 rings (SSSR count). The number of nitrogens with two attached hydrogens (primary N) is 2. The number of guanidine groups is 1. The topological polar surface area (TPSA) is 180 Å². The van der Waals surface area contributed by atoms with Gasteiger partial charge in [-0.05, 0) is 57.1 Å². The molecule has 0 fully saturated rings. The molecular formula is C25H37F4IN6O5S3. The van der Waals surface area contributed by atoms with Crippen molar-refractivity contribution in [3.05, 3.63) is 70.8 Å². The van der Waals surface area contributed by atoms with Gasteiger partial charge in [0, 0.05) is 36.9 Å². The summed E-state index contributed by atoms with van der Waals surface area (Å²) in [5.74, 6) is -4.41. The quantitative estimate of drug-likeness (QED) is 0.127. The highest BCUT2D eigenvalue weighted by atomic mass is 127. The van der Waals surface area contributed by atoms with Gasteiger partial charge in [0.1, 0.15) is 28.8 Å². The van der Waals surface area contributed by atoms with E-state index in [-0.39, 0.29) is 28.8 Å². The highest BCUT2D eigenvalue weighted by Gasteiger charge is 2.41. The zero-order valence-corrected chi connectivity index (χ0v) is 29.4. The summed E-state index contributed by atoms with van der Waals surface area (Å²) in [6, 6.07) is 5.78. The number of hydrogen-bond donors (Lipinski definition) is 5. The van der Waals surface area contributed by atoms with Crippen molar-refractivity contribution in [1.82, 2.24) is 14.3 Å². The third kappa shape index (κ3) is 11.9. The van der Waals surface area contributed by atoms with Gasteiger partial charge >= 0.3 is 0 Å². The van der Waals surface area contributed by atoms with E-state index in [1.54, 1.807) is 6.92 Å². The van der Waals surface area contributed by atoms with Crippen molar-refractivity contribution < 1.29 is 39.5 Å². The Morgan fingerprint density at radius 2 is 1.64 bits per heavy atom. The van der Waals surface area contributed by atoms with E-state index in [4.69, 9.17) is 28.8 Å². The molecule has 2 atom stereocenters. The lowest BCUT2D eigenvalue weighted by molar-refractivity contribution is 0.318. The first-order valence-electron chi connectivity index (χ1n) is 12.4. The molecule has 0 unspecified atom stereocenters. The molecule has 1 aliphatic rings. The Morgan fingerprint density at radius 1 is 1.16 bits per heavy atom. The number of aliphatic hydroxyl groups excluding tert-OH is 1. The molecule has 19 heteroatoms. The van der Waals surface area contributed by atoms with Crippen LogP contribution < -0.4 is 21.5 Å². The number of benzene rings is 2. The number of aliphatic imine (C=N–C) groups is 1. The lowest BCUT2D eigenvalue weighted by atomic mass is 9.93. The molecule has 0 spiro atoms. The SMILES string of the molecule is CCO.CI.CN1C(N)=N[C@](C)(c2ccc(F)cc2F)CS1(=O)=O.CNS(=O)(=O)C[C@](C)(NC(N)=S)c1ccc(F)cc1F. The van der Waals surface area contributed by atoms with Crippen LogP contribution in [0.25, 0.3) is 0 Å². The number of nitrogens with zero attached hydrogens (tertiary/aromatic N) is 2. The van der Waals surface area contributed by atoms with Crippen LogP contribution in [-0.2, 0) is 31.1 Å². The van der Waals surface area contributed by atoms with Crippen molar-refractivity contribution in [2.75, 3.05) is 37.1 Å². The largest absolute Gasteiger partial charge is 0.397 e. The number of rotatable bonds is 6. The number of alkyl halides is 1. The molecule has 2 aromatic rings. The zero-order valence-electron chi connectivity index (χ0n) is 24.8. The van der Waals surface area contributed by atoms with Gasteiger partial charge in [-0.25, -0.2) is 48.4 Å². The van der Waals surface area contributed by atoms with Crippen LogP contribution in [0.1, 0.15) is 31.9 Å². The normalized spacial score (nSPS) is 18.5. The van der Waals surface area contributed by atoms with Gasteiger partial charge in [-0.3, -0.25) is 0 Å². The van der Waals surface area contributed by atoms with Gasteiger partial charge in [-0.15, -0.1) is 0 Å². The Labute approximate surface area is 274 Å². The number of nitrogens with one attached hydrogen (secondary N) is 2. The molecule has 1 aliphatic heterocycles. The van der Waals surface area contributed by atoms with E-state index >= 15 is 0 Å². The maximum atomic E-state index is 13.9. The van der Waals surface area contributed by atoms with Crippen molar-refractivity contribution in [3.63, 3.8) is 0 Å². The monoisotopic (exact) mass is 800 g/mol. The Morgan fingerprint density at radius 3 is 2.05 bits per heavy atom. The van der Waals surface area contributed by atoms with Crippen LogP contribution in [-0.4, -0.2) is 74.5 Å². The minimum absolute atomic E-state index is 0.00600. The molecule has 0 amide bonds. The minimum atomic E-state index is -3.69. The lowest BCUT2D eigenvalue weighted by Gasteiger charge is -2.34. The first kappa shape index (κ1) is 41.7. The summed E-state index contributed by atoms with van der Waals surface area (Å²) < 4.78 is 104. The number of sulfonamides is 2. The molecule has 0 aliphatic carbocycles. The van der Waals surface area contributed by atoms with Gasteiger partial charge < -0.3 is 21.9 Å². The maximum Gasteiger partial charge on any atom is 0.239 e.